The second-order valence-electron chi connectivity index (χ2n) is 3.18. The van der Waals surface area contributed by atoms with Crippen molar-refractivity contribution in [1.82, 2.24) is 0 Å². The maximum atomic E-state index is 10.7. The van der Waals surface area contributed by atoms with Crippen LogP contribution in [-0.2, 0) is 10.1 Å². The van der Waals surface area contributed by atoms with E-state index in [1.54, 1.807) is 0 Å². The fourth-order valence-electron chi connectivity index (χ4n) is 1.10. The van der Waals surface area contributed by atoms with Gasteiger partial charge in [0.1, 0.15) is 0 Å². The predicted molar refractivity (Wildman–Crippen MR) is 56.9 cm³/mol. The van der Waals surface area contributed by atoms with Crippen molar-refractivity contribution in [2.45, 2.75) is 24.6 Å². The van der Waals surface area contributed by atoms with Gasteiger partial charge in [0.2, 0.25) is 0 Å². The first-order chi connectivity index (χ1) is 6.41. The minimum atomic E-state index is -3.96. The molecule has 0 amide bonds. The molecule has 0 aromatic carbocycles. The monoisotopic (exact) mass is 235 g/mol. The molecular weight excluding hydrogens is 222 g/mol. The van der Waals surface area contributed by atoms with E-state index < -0.39 is 15.4 Å². The van der Waals surface area contributed by atoms with Gasteiger partial charge in [0, 0.05) is 10.9 Å². The van der Waals surface area contributed by atoms with E-state index in [9.17, 15) is 8.42 Å². The first-order valence-corrected chi connectivity index (χ1v) is 6.55. The normalized spacial score (nSPS) is 16.5. The summed E-state index contributed by atoms with van der Waals surface area (Å²) >= 11 is 1.48. The van der Waals surface area contributed by atoms with Gasteiger partial charge in [0.05, 0.1) is 5.25 Å². The molecule has 1 aromatic heterocycles. The summed E-state index contributed by atoms with van der Waals surface area (Å²) in [6.07, 6.45) is 0.235. The van der Waals surface area contributed by atoms with Gasteiger partial charge in [-0.25, -0.2) is 0 Å². The number of nitrogens with two attached hydrogens (primary N) is 1. The van der Waals surface area contributed by atoms with E-state index in [1.165, 1.54) is 18.3 Å². The second kappa shape index (κ2) is 4.39. The Balaban J connectivity index is 2.62. The van der Waals surface area contributed by atoms with Gasteiger partial charge in [0.15, 0.2) is 0 Å². The quantitative estimate of drug-likeness (QED) is 0.773. The van der Waals surface area contributed by atoms with Crippen LogP contribution in [0.1, 0.15) is 24.3 Å². The molecule has 0 aliphatic heterocycles. The third-order valence-electron chi connectivity index (χ3n) is 2.00. The van der Waals surface area contributed by atoms with Crippen molar-refractivity contribution >= 4 is 21.5 Å². The fraction of sp³-hybridized carbons (Fsp3) is 0.500. The van der Waals surface area contributed by atoms with E-state index in [0.717, 1.165) is 4.88 Å². The Hall–Kier alpha value is -0.430. The zero-order valence-electron chi connectivity index (χ0n) is 7.75. The molecule has 0 saturated carbocycles. The standard InChI is InChI=1S/C8H13NO3S2/c1-6(14(10,11)12)5-7(9)8-3-2-4-13-8/h2-4,6-7H,5,9H2,1H3,(H,10,11,12). The van der Waals surface area contributed by atoms with Crippen LogP contribution in [0.2, 0.25) is 0 Å². The average Bonchev–Trinajstić information content (AvgIpc) is 2.53. The van der Waals surface area contributed by atoms with Crippen molar-refractivity contribution in [3.8, 4) is 0 Å². The molecule has 0 radical (unpaired) electrons. The molecule has 6 heteroatoms. The Morgan fingerprint density at radius 2 is 2.29 bits per heavy atom. The molecule has 2 unspecified atom stereocenters. The van der Waals surface area contributed by atoms with Crippen LogP contribution in [0.25, 0.3) is 0 Å². The maximum Gasteiger partial charge on any atom is 0.267 e. The van der Waals surface area contributed by atoms with Crippen LogP contribution in [0.3, 0.4) is 0 Å². The van der Waals surface area contributed by atoms with Crippen LogP contribution in [-0.4, -0.2) is 18.2 Å². The first-order valence-electron chi connectivity index (χ1n) is 4.16. The van der Waals surface area contributed by atoms with E-state index in [1.807, 2.05) is 17.5 Å². The van der Waals surface area contributed by atoms with Gasteiger partial charge < -0.3 is 5.73 Å². The van der Waals surface area contributed by atoms with Gasteiger partial charge in [-0.05, 0) is 24.8 Å². The summed E-state index contributed by atoms with van der Waals surface area (Å²) in [5.41, 5.74) is 5.77. The molecule has 0 aliphatic rings. The molecule has 80 valence electrons. The SMILES string of the molecule is CC(CC(N)c1cccs1)S(=O)(=O)O. The molecule has 0 fully saturated rings. The highest BCUT2D eigenvalue weighted by Gasteiger charge is 2.21. The largest absolute Gasteiger partial charge is 0.323 e. The summed E-state index contributed by atoms with van der Waals surface area (Å²) in [5.74, 6) is 0. The average molecular weight is 235 g/mol. The molecule has 1 rings (SSSR count). The zero-order chi connectivity index (χ0) is 10.8. The van der Waals surface area contributed by atoms with Gasteiger partial charge in [-0.3, -0.25) is 4.55 Å². The van der Waals surface area contributed by atoms with Gasteiger partial charge in [-0.1, -0.05) is 6.07 Å². The van der Waals surface area contributed by atoms with Crippen LogP contribution < -0.4 is 5.73 Å². The van der Waals surface area contributed by atoms with Crippen LogP contribution in [0, 0.1) is 0 Å². The molecular formula is C8H13NO3S2. The molecule has 1 aromatic rings. The lowest BCUT2D eigenvalue weighted by atomic mass is 10.1. The Morgan fingerprint density at radius 3 is 2.71 bits per heavy atom. The highest BCUT2D eigenvalue weighted by molar-refractivity contribution is 7.86. The molecule has 0 spiro atoms. The van der Waals surface area contributed by atoms with Gasteiger partial charge in [-0.2, -0.15) is 8.42 Å². The fourth-order valence-corrected chi connectivity index (χ4v) is 2.29. The third kappa shape index (κ3) is 3.06. The van der Waals surface area contributed by atoms with Crippen LogP contribution in [0.15, 0.2) is 17.5 Å². The van der Waals surface area contributed by atoms with E-state index >= 15 is 0 Å². The summed E-state index contributed by atoms with van der Waals surface area (Å²) in [6, 6.07) is 3.39. The lowest BCUT2D eigenvalue weighted by molar-refractivity contribution is 0.460. The highest BCUT2D eigenvalue weighted by atomic mass is 32.2. The third-order valence-corrected chi connectivity index (χ3v) is 4.22. The van der Waals surface area contributed by atoms with Crippen molar-refractivity contribution in [3.63, 3.8) is 0 Å². The molecule has 14 heavy (non-hydrogen) atoms. The zero-order valence-corrected chi connectivity index (χ0v) is 9.38. The number of rotatable bonds is 4. The predicted octanol–water partition coefficient (Wildman–Crippen LogP) is 1.41. The van der Waals surface area contributed by atoms with Crippen LogP contribution in [0.4, 0.5) is 0 Å². The van der Waals surface area contributed by atoms with E-state index in [-0.39, 0.29) is 12.5 Å². The minimum absolute atomic E-state index is 0.235. The number of thiophene rings is 1. The molecule has 0 bridgehead atoms. The maximum absolute atomic E-state index is 10.7. The van der Waals surface area contributed by atoms with E-state index in [0.29, 0.717) is 0 Å². The molecule has 4 nitrogen and oxygen atoms in total. The molecule has 0 saturated heterocycles. The second-order valence-corrected chi connectivity index (χ2v) is 6.00. The Morgan fingerprint density at radius 1 is 1.64 bits per heavy atom. The number of hydrogen-bond acceptors (Lipinski definition) is 4. The molecule has 0 aliphatic carbocycles. The molecule has 3 N–H and O–H groups in total. The van der Waals surface area contributed by atoms with Crippen molar-refractivity contribution in [3.05, 3.63) is 22.4 Å². The Bertz CT molecular complexity index is 371. The smallest absolute Gasteiger partial charge is 0.267 e. The van der Waals surface area contributed by atoms with Gasteiger partial charge >= 0.3 is 0 Å². The summed E-state index contributed by atoms with van der Waals surface area (Å²) in [6.45, 7) is 1.45. The van der Waals surface area contributed by atoms with Crippen molar-refractivity contribution in [1.29, 1.82) is 0 Å². The van der Waals surface area contributed by atoms with E-state index in [2.05, 4.69) is 0 Å². The minimum Gasteiger partial charge on any atom is -0.323 e. The van der Waals surface area contributed by atoms with Gasteiger partial charge in [-0.15, -0.1) is 11.3 Å². The summed E-state index contributed by atoms with van der Waals surface area (Å²) < 4.78 is 30.2. The lowest BCUT2D eigenvalue weighted by Crippen LogP contribution is -2.23. The van der Waals surface area contributed by atoms with Crippen molar-refractivity contribution in [2.75, 3.05) is 0 Å². The molecule has 1 heterocycles. The highest BCUT2D eigenvalue weighted by Crippen LogP contribution is 2.22. The Kier molecular flexibility index (Phi) is 3.65. The first kappa shape index (κ1) is 11.6. The number of hydrogen-bond donors (Lipinski definition) is 2. The van der Waals surface area contributed by atoms with Crippen LogP contribution >= 0.6 is 11.3 Å². The Labute approximate surface area is 87.5 Å². The van der Waals surface area contributed by atoms with E-state index in [4.69, 9.17) is 10.3 Å². The van der Waals surface area contributed by atoms with Crippen LogP contribution in [0.5, 0.6) is 0 Å². The van der Waals surface area contributed by atoms with Crippen molar-refractivity contribution < 1.29 is 13.0 Å². The summed E-state index contributed by atoms with van der Waals surface area (Å²) in [5, 5.41) is 1.06. The van der Waals surface area contributed by atoms with Crippen molar-refractivity contribution in [2.24, 2.45) is 5.73 Å². The lowest BCUT2D eigenvalue weighted by Gasteiger charge is -2.13. The summed E-state index contributed by atoms with van der Waals surface area (Å²) in [7, 11) is -3.96. The topological polar surface area (TPSA) is 80.4 Å². The summed E-state index contributed by atoms with van der Waals surface area (Å²) in [4.78, 5) is 0.931. The molecule has 2 atom stereocenters. The van der Waals surface area contributed by atoms with Gasteiger partial charge in [0.25, 0.3) is 10.1 Å².